The molecule has 0 radical (unpaired) electrons. The number of nitrogens with zero attached hydrogens (tertiary/aromatic N) is 2. The molecule has 2 aromatic rings. The Bertz CT molecular complexity index is 633. The van der Waals surface area contributed by atoms with Crippen molar-refractivity contribution in [1.82, 2.24) is 9.80 Å². The van der Waals surface area contributed by atoms with Crippen molar-refractivity contribution in [2.45, 2.75) is 53.6 Å². The van der Waals surface area contributed by atoms with Gasteiger partial charge in [0.1, 0.15) is 11.5 Å². The molecule has 0 saturated carbocycles. The Morgan fingerprint density at radius 2 is 0.963 bits per heavy atom. The normalized spacial score (nSPS) is 13.8. The highest BCUT2D eigenvalue weighted by Gasteiger charge is 2.20. The fraction of sp³-hybridized carbons (Fsp3) is 0.500. The first kappa shape index (κ1) is 21.5. The van der Waals surface area contributed by atoms with Crippen molar-refractivity contribution in [3.63, 3.8) is 0 Å². The summed E-state index contributed by atoms with van der Waals surface area (Å²) >= 11 is 0. The van der Waals surface area contributed by atoms with Crippen molar-refractivity contribution in [2.24, 2.45) is 0 Å². The maximum atomic E-state index is 6.51. The van der Waals surface area contributed by atoms with Gasteiger partial charge in [-0.25, -0.2) is 0 Å². The third-order valence-electron chi connectivity index (χ3n) is 5.68. The highest BCUT2D eigenvalue weighted by atomic mass is 16.5. The Hall–Kier alpha value is -1.84. The molecule has 0 fully saturated rings. The highest BCUT2D eigenvalue weighted by molar-refractivity contribution is 5.43. The molecule has 0 amide bonds. The average molecular weight is 369 g/mol. The lowest BCUT2D eigenvalue weighted by atomic mass is 10.0. The molecule has 0 bridgehead atoms. The summed E-state index contributed by atoms with van der Waals surface area (Å²) in [4.78, 5) is 4.90. The summed E-state index contributed by atoms with van der Waals surface area (Å²) in [5.41, 5.74) is 2.48. The largest absolute Gasteiger partial charge is 0.457 e. The van der Waals surface area contributed by atoms with Gasteiger partial charge in [-0.1, -0.05) is 64.1 Å². The van der Waals surface area contributed by atoms with E-state index in [1.54, 1.807) is 0 Å². The molecule has 2 atom stereocenters. The zero-order valence-corrected chi connectivity index (χ0v) is 17.9. The summed E-state index contributed by atoms with van der Waals surface area (Å²) in [7, 11) is 0. The maximum Gasteiger partial charge on any atom is 0.132 e. The van der Waals surface area contributed by atoms with Crippen LogP contribution < -0.4 is 4.74 Å². The zero-order valence-electron chi connectivity index (χ0n) is 17.9. The fourth-order valence-corrected chi connectivity index (χ4v) is 3.89. The van der Waals surface area contributed by atoms with E-state index in [0.717, 1.165) is 37.7 Å². The first-order valence-corrected chi connectivity index (χ1v) is 10.4. The number of rotatable bonds is 10. The Balaban J connectivity index is 2.36. The van der Waals surface area contributed by atoms with Crippen LogP contribution in [0.4, 0.5) is 0 Å². The van der Waals surface area contributed by atoms with Crippen molar-refractivity contribution >= 4 is 0 Å². The van der Waals surface area contributed by atoms with Crippen LogP contribution in [0.2, 0.25) is 0 Å². The molecule has 2 unspecified atom stereocenters. The van der Waals surface area contributed by atoms with Crippen LogP contribution in [0.1, 0.15) is 64.8 Å². The number of hydrogen-bond acceptors (Lipinski definition) is 3. The summed E-state index contributed by atoms with van der Waals surface area (Å²) in [6.45, 7) is 17.5. The molecule has 0 aromatic heterocycles. The zero-order chi connectivity index (χ0) is 19.8. The predicted octanol–water partition coefficient (Wildman–Crippen LogP) is 6.28. The molecule has 0 saturated heterocycles. The molecule has 3 heteroatoms. The van der Waals surface area contributed by atoms with Gasteiger partial charge in [-0.05, 0) is 52.2 Å². The molecule has 0 N–H and O–H groups in total. The van der Waals surface area contributed by atoms with Gasteiger partial charge in [0.05, 0.1) is 0 Å². The molecule has 0 aliphatic rings. The van der Waals surface area contributed by atoms with Crippen LogP contribution >= 0.6 is 0 Å². The third kappa shape index (κ3) is 5.12. The average Bonchev–Trinajstić information content (AvgIpc) is 2.70. The van der Waals surface area contributed by atoms with Crippen LogP contribution in [0, 0.1) is 0 Å². The van der Waals surface area contributed by atoms with Gasteiger partial charge in [-0.3, -0.25) is 9.80 Å². The Labute approximate surface area is 166 Å². The van der Waals surface area contributed by atoms with Crippen LogP contribution in [0.25, 0.3) is 0 Å². The predicted molar refractivity (Wildman–Crippen MR) is 116 cm³/mol. The van der Waals surface area contributed by atoms with E-state index in [1.807, 2.05) is 0 Å². The van der Waals surface area contributed by atoms with Crippen LogP contribution in [0.5, 0.6) is 11.5 Å². The Morgan fingerprint density at radius 1 is 0.630 bits per heavy atom. The number of para-hydroxylation sites is 2. The third-order valence-corrected chi connectivity index (χ3v) is 5.68. The molecule has 2 aromatic carbocycles. The SMILES string of the molecule is CCN(CC)C(C)c1ccccc1Oc1ccccc1C(C)N(CC)CC. The standard InChI is InChI=1S/C24H36N2O/c1-7-25(8-2)19(5)21-15-11-13-17-23(21)27-24-18-14-12-16-22(24)20(6)26(9-3)10-4/h11-20H,7-10H2,1-6H3. The molecule has 0 heterocycles. The molecule has 3 nitrogen and oxygen atoms in total. The second-order valence-electron chi connectivity index (χ2n) is 6.97. The van der Waals surface area contributed by atoms with Gasteiger partial charge in [0, 0.05) is 23.2 Å². The fourth-order valence-electron chi connectivity index (χ4n) is 3.89. The van der Waals surface area contributed by atoms with Crippen molar-refractivity contribution in [1.29, 1.82) is 0 Å². The van der Waals surface area contributed by atoms with Crippen molar-refractivity contribution in [2.75, 3.05) is 26.2 Å². The number of benzene rings is 2. The topological polar surface area (TPSA) is 15.7 Å². The molecular formula is C24H36N2O. The van der Waals surface area contributed by atoms with Crippen LogP contribution in [0.3, 0.4) is 0 Å². The highest BCUT2D eigenvalue weighted by Crippen LogP contribution is 2.36. The lowest BCUT2D eigenvalue weighted by molar-refractivity contribution is 0.226. The van der Waals surface area contributed by atoms with Crippen molar-refractivity contribution < 1.29 is 4.74 Å². The Morgan fingerprint density at radius 3 is 1.30 bits per heavy atom. The molecule has 0 aliphatic heterocycles. The monoisotopic (exact) mass is 368 g/mol. The van der Waals surface area contributed by atoms with Crippen LogP contribution in [-0.4, -0.2) is 36.0 Å². The first-order chi connectivity index (χ1) is 13.1. The van der Waals surface area contributed by atoms with E-state index in [-0.39, 0.29) is 0 Å². The molecule has 148 valence electrons. The van der Waals surface area contributed by atoms with Gasteiger partial charge >= 0.3 is 0 Å². The van der Waals surface area contributed by atoms with E-state index in [2.05, 4.69) is 99.9 Å². The molecular weight excluding hydrogens is 332 g/mol. The first-order valence-electron chi connectivity index (χ1n) is 10.4. The minimum absolute atomic E-state index is 0.323. The van der Waals surface area contributed by atoms with E-state index in [1.165, 1.54) is 11.1 Å². The second kappa shape index (κ2) is 10.5. The van der Waals surface area contributed by atoms with Crippen molar-refractivity contribution in [3.8, 4) is 11.5 Å². The van der Waals surface area contributed by atoms with E-state index < -0.39 is 0 Å². The van der Waals surface area contributed by atoms with E-state index >= 15 is 0 Å². The second-order valence-corrected chi connectivity index (χ2v) is 6.97. The molecule has 2 rings (SSSR count). The molecule has 0 spiro atoms. The van der Waals surface area contributed by atoms with Gasteiger partial charge in [0.25, 0.3) is 0 Å². The lowest BCUT2D eigenvalue weighted by Crippen LogP contribution is -2.27. The van der Waals surface area contributed by atoms with E-state index in [9.17, 15) is 0 Å². The minimum atomic E-state index is 0.323. The maximum absolute atomic E-state index is 6.51. The van der Waals surface area contributed by atoms with Crippen molar-refractivity contribution in [3.05, 3.63) is 59.7 Å². The quantitative estimate of drug-likeness (QED) is 0.490. The summed E-state index contributed by atoms with van der Waals surface area (Å²) < 4.78 is 6.51. The summed E-state index contributed by atoms with van der Waals surface area (Å²) in [6, 6.07) is 17.5. The van der Waals surface area contributed by atoms with Gasteiger partial charge < -0.3 is 4.74 Å². The number of ether oxygens (including phenoxy) is 1. The van der Waals surface area contributed by atoms with E-state index in [0.29, 0.717) is 12.1 Å². The minimum Gasteiger partial charge on any atom is -0.457 e. The smallest absolute Gasteiger partial charge is 0.132 e. The molecule has 0 aliphatic carbocycles. The van der Waals surface area contributed by atoms with Gasteiger partial charge in [0.15, 0.2) is 0 Å². The van der Waals surface area contributed by atoms with E-state index in [4.69, 9.17) is 4.74 Å². The van der Waals surface area contributed by atoms with Crippen LogP contribution in [-0.2, 0) is 0 Å². The van der Waals surface area contributed by atoms with Crippen LogP contribution in [0.15, 0.2) is 48.5 Å². The lowest BCUT2D eigenvalue weighted by Gasteiger charge is -2.30. The Kier molecular flexibility index (Phi) is 8.33. The number of hydrogen-bond donors (Lipinski definition) is 0. The molecule has 27 heavy (non-hydrogen) atoms. The summed E-state index contributed by atoms with van der Waals surface area (Å²) in [5, 5.41) is 0. The summed E-state index contributed by atoms with van der Waals surface area (Å²) in [5.74, 6) is 1.91. The summed E-state index contributed by atoms with van der Waals surface area (Å²) in [6.07, 6.45) is 0. The van der Waals surface area contributed by atoms with Gasteiger partial charge in [0.2, 0.25) is 0 Å². The van der Waals surface area contributed by atoms with Gasteiger partial charge in [-0.15, -0.1) is 0 Å². The van der Waals surface area contributed by atoms with Gasteiger partial charge in [-0.2, -0.15) is 0 Å².